The number of piperazine rings is 1. The fraction of sp³-hybridized carbons (Fsp3) is 0.321. The van der Waals surface area contributed by atoms with E-state index in [0.29, 0.717) is 18.1 Å². The van der Waals surface area contributed by atoms with E-state index in [0.717, 1.165) is 67.3 Å². The zero-order valence-electron chi connectivity index (χ0n) is 20.0. The van der Waals surface area contributed by atoms with Crippen molar-refractivity contribution in [3.63, 3.8) is 0 Å². The Bertz CT molecular complexity index is 1410. The van der Waals surface area contributed by atoms with E-state index in [4.69, 9.17) is 4.74 Å². The molecule has 0 bridgehead atoms. The molecule has 1 aliphatic heterocycles. The van der Waals surface area contributed by atoms with Crippen LogP contribution in [0.2, 0.25) is 0 Å². The fourth-order valence-electron chi connectivity index (χ4n) is 4.78. The normalized spacial score (nSPS) is 14.5. The summed E-state index contributed by atoms with van der Waals surface area (Å²) in [5, 5.41) is 3.07. The molecule has 5 rings (SSSR count). The van der Waals surface area contributed by atoms with Crippen molar-refractivity contribution in [2.45, 2.75) is 19.8 Å². The van der Waals surface area contributed by atoms with Crippen LogP contribution in [0.15, 0.2) is 65.5 Å². The van der Waals surface area contributed by atoms with Gasteiger partial charge in [-0.1, -0.05) is 24.3 Å². The summed E-state index contributed by atoms with van der Waals surface area (Å²) in [6.45, 7) is 7.25. The molecular weight excluding hydrogens is 440 g/mol. The van der Waals surface area contributed by atoms with Gasteiger partial charge in [-0.3, -0.25) is 14.5 Å². The number of unbranched alkanes of at least 4 members (excludes halogenated alkanes) is 1. The molecule has 1 N–H and O–H groups in total. The van der Waals surface area contributed by atoms with Crippen LogP contribution in [0.5, 0.6) is 5.88 Å². The number of hydrogen-bond donors (Lipinski definition) is 1. The number of anilines is 1. The first-order valence-electron chi connectivity index (χ1n) is 12.2. The number of ether oxygens (including phenoxy) is 1. The molecule has 1 fully saturated rings. The number of aromatic nitrogens is 2. The Morgan fingerprint density at radius 1 is 0.943 bits per heavy atom. The molecule has 1 aliphatic rings. The number of aromatic amines is 1. The van der Waals surface area contributed by atoms with Crippen molar-refractivity contribution in [3.8, 4) is 5.88 Å². The molecule has 2 aromatic heterocycles. The molecule has 1 saturated heterocycles. The molecule has 4 aromatic rings. The monoisotopic (exact) mass is 470 g/mol. The van der Waals surface area contributed by atoms with Gasteiger partial charge in [0, 0.05) is 60.3 Å². The molecule has 7 heteroatoms. The molecule has 35 heavy (non-hydrogen) atoms. The van der Waals surface area contributed by atoms with Crippen LogP contribution in [0.4, 0.5) is 5.69 Å². The average molecular weight is 471 g/mol. The maximum Gasteiger partial charge on any atom is 0.249 e. The second kappa shape index (κ2) is 10.3. The van der Waals surface area contributed by atoms with Crippen LogP contribution in [0, 0.1) is 0 Å². The second-order valence-corrected chi connectivity index (χ2v) is 9.03. The van der Waals surface area contributed by atoms with Crippen LogP contribution in [-0.4, -0.2) is 60.0 Å². The van der Waals surface area contributed by atoms with Crippen molar-refractivity contribution in [1.82, 2.24) is 14.9 Å². The highest BCUT2D eigenvalue weighted by Gasteiger charge is 2.19. The van der Waals surface area contributed by atoms with Gasteiger partial charge in [-0.05, 0) is 56.0 Å². The number of benzene rings is 2. The number of nitrogens with one attached hydrogen (secondary N) is 1. The number of carbonyl (C=O) groups excluding carboxylic acids is 1. The SMILES string of the molecule is CC(=O)c1ccc(N2CCN(CCCCOc3ccc4ccc(=O)[nH]c4n3)CC2)c2ccccc12. The summed E-state index contributed by atoms with van der Waals surface area (Å²) in [5.41, 5.74) is 2.39. The number of ketones is 1. The maximum absolute atomic E-state index is 12.0. The van der Waals surface area contributed by atoms with E-state index in [2.05, 4.69) is 31.9 Å². The van der Waals surface area contributed by atoms with E-state index in [1.54, 1.807) is 13.0 Å². The lowest BCUT2D eigenvalue weighted by Gasteiger charge is -2.36. The molecule has 0 aliphatic carbocycles. The summed E-state index contributed by atoms with van der Waals surface area (Å²) in [6.07, 6.45) is 2.00. The minimum Gasteiger partial charge on any atom is -0.478 e. The third-order valence-electron chi connectivity index (χ3n) is 6.67. The fourth-order valence-corrected chi connectivity index (χ4v) is 4.78. The van der Waals surface area contributed by atoms with Crippen LogP contribution in [-0.2, 0) is 0 Å². The van der Waals surface area contributed by atoms with Gasteiger partial charge in [0.25, 0.3) is 0 Å². The Hall–Kier alpha value is -3.71. The Balaban J connectivity index is 1.10. The van der Waals surface area contributed by atoms with Gasteiger partial charge in [0.2, 0.25) is 11.4 Å². The highest BCUT2D eigenvalue weighted by atomic mass is 16.5. The molecule has 0 atom stereocenters. The number of H-pyrrole nitrogens is 1. The first-order chi connectivity index (χ1) is 17.1. The zero-order chi connectivity index (χ0) is 24.2. The predicted molar refractivity (Wildman–Crippen MR) is 140 cm³/mol. The quantitative estimate of drug-likeness (QED) is 0.306. The molecule has 180 valence electrons. The van der Waals surface area contributed by atoms with Gasteiger partial charge in [-0.2, -0.15) is 4.98 Å². The summed E-state index contributed by atoms with van der Waals surface area (Å²) in [6, 6.07) is 19.3. The summed E-state index contributed by atoms with van der Waals surface area (Å²) >= 11 is 0. The Labute approximate surface area is 204 Å². The number of fused-ring (bicyclic) bond motifs is 2. The number of carbonyl (C=O) groups is 1. The van der Waals surface area contributed by atoms with Crippen molar-refractivity contribution in [3.05, 3.63) is 76.6 Å². The minimum absolute atomic E-state index is 0.105. The summed E-state index contributed by atoms with van der Waals surface area (Å²) in [4.78, 5) is 35.6. The molecular formula is C28H30N4O3. The molecule has 3 heterocycles. The van der Waals surface area contributed by atoms with Gasteiger partial charge in [0.1, 0.15) is 5.65 Å². The standard InChI is InChI=1S/C28H30N4O3/c1-20(33)22-10-11-25(24-7-3-2-6-23(22)24)32-17-15-31(16-18-32)14-4-5-19-35-27-13-9-21-8-12-26(34)29-28(21)30-27/h2-3,6-13H,4-5,14-19H2,1H3,(H,29,30,34). The maximum atomic E-state index is 12.0. The van der Waals surface area contributed by atoms with E-state index in [1.807, 2.05) is 36.4 Å². The molecule has 0 saturated carbocycles. The van der Waals surface area contributed by atoms with Gasteiger partial charge >= 0.3 is 0 Å². The number of hydrogen-bond acceptors (Lipinski definition) is 6. The predicted octanol–water partition coefficient (Wildman–Crippen LogP) is 4.26. The third kappa shape index (κ3) is 5.20. The van der Waals surface area contributed by atoms with Crippen LogP contribution >= 0.6 is 0 Å². The van der Waals surface area contributed by atoms with Crippen LogP contribution in [0.25, 0.3) is 21.8 Å². The number of nitrogens with zero attached hydrogens (tertiary/aromatic N) is 3. The average Bonchev–Trinajstić information content (AvgIpc) is 2.88. The smallest absolute Gasteiger partial charge is 0.249 e. The molecule has 2 aromatic carbocycles. The lowest BCUT2D eigenvalue weighted by atomic mass is 9.99. The highest BCUT2D eigenvalue weighted by molar-refractivity contribution is 6.10. The van der Waals surface area contributed by atoms with E-state index < -0.39 is 0 Å². The van der Waals surface area contributed by atoms with E-state index >= 15 is 0 Å². The zero-order valence-corrected chi connectivity index (χ0v) is 20.0. The summed E-state index contributed by atoms with van der Waals surface area (Å²) in [7, 11) is 0. The van der Waals surface area contributed by atoms with E-state index in [1.165, 1.54) is 11.8 Å². The topological polar surface area (TPSA) is 78.5 Å². The van der Waals surface area contributed by atoms with Gasteiger partial charge in [0.15, 0.2) is 5.78 Å². The van der Waals surface area contributed by atoms with Crippen molar-refractivity contribution >= 4 is 33.3 Å². The van der Waals surface area contributed by atoms with Crippen LogP contribution < -0.4 is 15.2 Å². The Morgan fingerprint density at radius 3 is 2.51 bits per heavy atom. The van der Waals surface area contributed by atoms with Gasteiger partial charge in [-0.15, -0.1) is 0 Å². The minimum atomic E-state index is -0.163. The van der Waals surface area contributed by atoms with Crippen LogP contribution in [0.1, 0.15) is 30.1 Å². The van der Waals surface area contributed by atoms with Crippen LogP contribution in [0.3, 0.4) is 0 Å². The van der Waals surface area contributed by atoms with E-state index in [-0.39, 0.29) is 11.3 Å². The largest absolute Gasteiger partial charge is 0.478 e. The first kappa shape index (κ1) is 23.1. The van der Waals surface area contributed by atoms with E-state index in [9.17, 15) is 9.59 Å². The Kier molecular flexibility index (Phi) is 6.77. The summed E-state index contributed by atoms with van der Waals surface area (Å²) < 4.78 is 5.80. The molecule has 0 unspecified atom stereocenters. The summed E-state index contributed by atoms with van der Waals surface area (Å²) in [5.74, 6) is 0.642. The third-order valence-corrected chi connectivity index (χ3v) is 6.67. The lowest BCUT2D eigenvalue weighted by molar-refractivity contribution is 0.101. The number of pyridine rings is 2. The first-order valence-corrected chi connectivity index (χ1v) is 12.2. The van der Waals surface area contributed by atoms with Crippen molar-refractivity contribution in [1.29, 1.82) is 0 Å². The van der Waals surface area contributed by atoms with Gasteiger partial charge < -0.3 is 14.6 Å². The van der Waals surface area contributed by atoms with Crippen molar-refractivity contribution in [2.75, 3.05) is 44.2 Å². The highest BCUT2D eigenvalue weighted by Crippen LogP contribution is 2.30. The Morgan fingerprint density at radius 2 is 1.71 bits per heavy atom. The van der Waals surface area contributed by atoms with Crippen molar-refractivity contribution < 1.29 is 9.53 Å². The molecule has 0 radical (unpaired) electrons. The second-order valence-electron chi connectivity index (χ2n) is 9.03. The lowest BCUT2D eigenvalue weighted by Crippen LogP contribution is -2.46. The molecule has 0 spiro atoms. The van der Waals surface area contributed by atoms with Gasteiger partial charge in [0.05, 0.1) is 6.61 Å². The molecule has 7 nitrogen and oxygen atoms in total. The molecule has 0 amide bonds. The van der Waals surface area contributed by atoms with Gasteiger partial charge in [-0.25, -0.2) is 0 Å². The van der Waals surface area contributed by atoms with Crippen molar-refractivity contribution in [2.24, 2.45) is 0 Å². The number of Topliss-reactive ketones (excluding diaryl/α,β-unsaturated/α-hetero) is 1. The number of rotatable bonds is 8.